The Kier molecular flexibility index (Phi) is 15.2. The van der Waals surface area contributed by atoms with Crippen molar-refractivity contribution in [1.82, 2.24) is 0 Å². The molecule has 0 aromatic heterocycles. The summed E-state index contributed by atoms with van der Waals surface area (Å²) in [6, 6.07) is 0. The van der Waals surface area contributed by atoms with E-state index in [4.69, 9.17) is 35.3 Å². The van der Waals surface area contributed by atoms with Gasteiger partial charge in [-0.25, -0.2) is 0 Å². The Morgan fingerprint density at radius 2 is 1.22 bits per heavy atom. The number of hydrogen-bond donors (Lipinski definition) is 0. The molecule has 18 heavy (non-hydrogen) atoms. The van der Waals surface area contributed by atoms with E-state index in [1.165, 1.54) is 0 Å². The standard InChI is InChI=1S/C12H25ClO5/c1-12(11-13)18-10-9-17-8-7-16-6-5-15-4-3-14-2/h12H,3-11H2,1-2H3. The van der Waals surface area contributed by atoms with Gasteiger partial charge in [-0.3, -0.25) is 0 Å². The van der Waals surface area contributed by atoms with E-state index in [1.807, 2.05) is 6.92 Å². The topological polar surface area (TPSA) is 46.2 Å². The Balaban J connectivity index is 2.94. The summed E-state index contributed by atoms with van der Waals surface area (Å²) in [5.74, 6) is 0.506. The molecule has 0 aromatic carbocycles. The maximum Gasteiger partial charge on any atom is 0.0704 e. The Morgan fingerprint density at radius 3 is 1.67 bits per heavy atom. The minimum absolute atomic E-state index is 0.0794. The zero-order valence-electron chi connectivity index (χ0n) is 11.4. The van der Waals surface area contributed by atoms with Crippen LogP contribution in [0.25, 0.3) is 0 Å². The highest BCUT2D eigenvalue weighted by Crippen LogP contribution is 1.93. The minimum Gasteiger partial charge on any atom is -0.382 e. The lowest BCUT2D eigenvalue weighted by Crippen LogP contribution is -2.16. The summed E-state index contributed by atoms with van der Waals surface area (Å²) in [5.41, 5.74) is 0. The van der Waals surface area contributed by atoms with Crippen LogP contribution in [-0.2, 0) is 23.7 Å². The van der Waals surface area contributed by atoms with E-state index in [1.54, 1.807) is 7.11 Å². The van der Waals surface area contributed by atoms with Crippen molar-refractivity contribution in [1.29, 1.82) is 0 Å². The van der Waals surface area contributed by atoms with Gasteiger partial charge in [-0.05, 0) is 6.92 Å². The van der Waals surface area contributed by atoms with Crippen molar-refractivity contribution in [2.45, 2.75) is 13.0 Å². The molecule has 1 unspecified atom stereocenters. The molecule has 0 aliphatic rings. The second kappa shape index (κ2) is 15.1. The van der Waals surface area contributed by atoms with Crippen LogP contribution in [0, 0.1) is 0 Å². The first kappa shape index (κ1) is 18.1. The van der Waals surface area contributed by atoms with E-state index in [0.717, 1.165) is 0 Å². The average molecular weight is 285 g/mol. The number of ether oxygens (including phenoxy) is 5. The average Bonchev–Trinajstić information content (AvgIpc) is 2.39. The Labute approximate surface area is 115 Å². The van der Waals surface area contributed by atoms with Gasteiger partial charge in [0.2, 0.25) is 0 Å². The predicted octanol–water partition coefficient (Wildman–Crippen LogP) is 1.33. The summed E-state index contributed by atoms with van der Waals surface area (Å²) in [4.78, 5) is 0. The first-order valence-electron chi connectivity index (χ1n) is 6.21. The first-order chi connectivity index (χ1) is 8.81. The van der Waals surface area contributed by atoms with Gasteiger partial charge in [-0.2, -0.15) is 0 Å². The molecule has 1 atom stereocenters. The van der Waals surface area contributed by atoms with E-state index in [9.17, 15) is 0 Å². The summed E-state index contributed by atoms with van der Waals surface area (Å²) in [5, 5.41) is 0. The normalized spacial score (nSPS) is 12.8. The smallest absolute Gasteiger partial charge is 0.0704 e. The van der Waals surface area contributed by atoms with E-state index >= 15 is 0 Å². The third-order valence-electron chi connectivity index (χ3n) is 2.02. The molecule has 5 nitrogen and oxygen atoms in total. The van der Waals surface area contributed by atoms with Crippen molar-refractivity contribution in [2.24, 2.45) is 0 Å². The van der Waals surface area contributed by atoms with Gasteiger partial charge in [-0.1, -0.05) is 0 Å². The fourth-order valence-corrected chi connectivity index (χ4v) is 1.13. The second-order valence-electron chi connectivity index (χ2n) is 3.67. The molecule has 0 amide bonds. The Morgan fingerprint density at radius 1 is 0.778 bits per heavy atom. The van der Waals surface area contributed by atoms with Crippen LogP contribution >= 0.6 is 11.6 Å². The molecular weight excluding hydrogens is 260 g/mol. The van der Waals surface area contributed by atoms with Crippen molar-refractivity contribution in [3.8, 4) is 0 Å². The first-order valence-corrected chi connectivity index (χ1v) is 6.74. The minimum atomic E-state index is 0.0794. The van der Waals surface area contributed by atoms with Gasteiger partial charge >= 0.3 is 0 Å². The van der Waals surface area contributed by atoms with Crippen LogP contribution < -0.4 is 0 Å². The number of alkyl halides is 1. The summed E-state index contributed by atoms with van der Waals surface area (Å²) in [7, 11) is 1.65. The molecular formula is C12H25ClO5. The molecule has 0 aliphatic heterocycles. The highest BCUT2D eigenvalue weighted by molar-refractivity contribution is 6.18. The van der Waals surface area contributed by atoms with Crippen LogP contribution in [0.4, 0.5) is 0 Å². The van der Waals surface area contributed by atoms with Crippen molar-refractivity contribution in [3.63, 3.8) is 0 Å². The second-order valence-corrected chi connectivity index (χ2v) is 3.97. The van der Waals surface area contributed by atoms with Gasteiger partial charge in [-0.15, -0.1) is 11.6 Å². The molecule has 0 bridgehead atoms. The summed E-state index contributed by atoms with van der Waals surface area (Å²) < 4.78 is 26.1. The van der Waals surface area contributed by atoms with Gasteiger partial charge in [0, 0.05) is 13.0 Å². The van der Waals surface area contributed by atoms with E-state index in [2.05, 4.69) is 0 Å². The van der Waals surface area contributed by atoms with Gasteiger partial charge in [0.25, 0.3) is 0 Å². The number of rotatable bonds is 14. The molecule has 0 saturated heterocycles. The van der Waals surface area contributed by atoms with Gasteiger partial charge in [0.1, 0.15) is 0 Å². The molecule has 0 heterocycles. The SMILES string of the molecule is COCCOCCOCCOCCOC(C)CCl. The van der Waals surface area contributed by atoms with E-state index in [-0.39, 0.29) is 6.10 Å². The number of halogens is 1. The third kappa shape index (κ3) is 14.2. The fourth-order valence-electron chi connectivity index (χ4n) is 1.04. The molecule has 6 heteroatoms. The third-order valence-corrected chi connectivity index (χ3v) is 2.46. The molecule has 0 aromatic rings. The molecule has 110 valence electrons. The van der Waals surface area contributed by atoms with Crippen LogP contribution in [0.1, 0.15) is 6.92 Å². The highest BCUT2D eigenvalue weighted by Gasteiger charge is 1.98. The lowest BCUT2D eigenvalue weighted by Gasteiger charge is -2.10. The van der Waals surface area contributed by atoms with Crippen LogP contribution in [-0.4, -0.2) is 71.9 Å². The number of methoxy groups -OCH3 is 1. The monoisotopic (exact) mass is 284 g/mol. The lowest BCUT2D eigenvalue weighted by molar-refractivity contribution is -0.0150. The summed E-state index contributed by atoms with van der Waals surface area (Å²) in [6.07, 6.45) is 0.0794. The maximum absolute atomic E-state index is 5.59. The number of hydrogen-bond acceptors (Lipinski definition) is 5. The van der Waals surface area contributed by atoms with Gasteiger partial charge in [0.05, 0.1) is 59.0 Å². The molecule has 0 rings (SSSR count). The quantitative estimate of drug-likeness (QED) is 0.356. The van der Waals surface area contributed by atoms with Crippen molar-refractivity contribution in [3.05, 3.63) is 0 Å². The van der Waals surface area contributed by atoms with Crippen molar-refractivity contribution < 1.29 is 23.7 Å². The molecule has 0 fully saturated rings. The van der Waals surface area contributed by atoms with Crippen LogP contribution in [0.3, 0.4) is 0 Å². The fraction of sp³-hybridized carbons (Fsp3) is 1.00. The maximum atomic E-state index is 5.59. The molecule has 0 saturated carbocycles. The van der Waals surface area contributed by atoms with Crippen LogP contribution in [0.15, 0.2) is 0 Å². The Bertz CT molecular complexity index is 159. The van der Waals surface area contributed by atoms with Gasteiger partial charge in [0.15, 0.2) is 0 Å². The lowest BCUT2D eigenvalue weighted by atomic mass is 10.5. The Hall–Kier alpha value is 0.0900. The molecule has 0 radical (unpaired) electrons. The zero-order valence-corrected chi connectivity index (χ0v) is 12.1. The summed E-state index contributed by atoms with van der Waals surface area (Å²) >= 11 is 5.59. The molecule has 0 spiro atoms. The zero-order chi connectivity index (χ0) is 13.5. The largest absolute Gasteiger partial charge is 0.382 e. The predicted molar refractivity (Wildman–Crippen MR) is 70.5 cm³/mol. The van der Waals surface area contributed by atoms with Crippen molar-refractivity contribution >= 4 is 11.6 Å². The van der Waals surface area contributed by atoms with E-state index in [0.29, 0.717) is 58.7 Å². The van der Waals surface area contributed by atoms with Crippen LogP contribution in [0.2, 0.25) is 0 Å². The summed E-state index contributed by atoms with van der Waals surface area (Å²) in [6.45, 7) is 6.57. The molecule has 0 N–H and O–H groups in total. The van der Waals surface area contributed by atoms with E-state index < -0.39 is 0 Å². The van der Waals surface area contributed by atoms with Crippen LogP contribution in [0.5, 0.6) is 0 Å². The highest BCUT2D eigenvalue weighted by atomic mass is 35.5. The van der Waals surface area contributed by atoms with Gasteiger partial charge < -0.3 is 23.7 Å². The van der Waals surface area contributed by atoms with Crippen molar-refractivity contribution in [2.75, 3.05) is 65.8 Å². The molecule has 0 aliphatic carbocycles.